The number of carbonyl (C=O) groups excluding carboxylic acids is 1. The molecule has 5 rings (SSSR count). The number of thiazole rings is 1. The van der Waals surface area contributed by atoms with Crippen molar-refractivity contribution in [2.24, 2.45) is 5.92 Å². The van der Waals surface area contributed by atoms with Gasteiger partial charge in [0.2, 0.25) is 10.0 Å². The molecule has 2 aliphatic rings. The second-order valence-corrected chi connectivity index (χ2v) is 13.0. The number of benzene rings is 2. The number of carbonyl (C=O) groups is 1. The van der Waals surface area contributed by atoms with Crippen molar-refractivity contribution in [1.82, 2.24) is 19.5 Å². The average molecular weight is 573 g/mol. The lowest BCUT2D eigenvalue weighted by molar-refractivity contribution is -0.384. The van der Waals surface area contributed by atoms with E-state index in [1.807, 2.05) is 0 Å². The highest BCUT2D eigenvalue weighted by molar-refractivity contribution is 7.89. The normalized spacial score (nSPS) is 17.9. The van der Waals surface area contributed by atoms with Crippen LogP contribution in [0.5, 0.6) is 0 Å². The number of nitrogens with zero attached hydrogens (tertiary/aromatic N) is 5. The summed E-state index contributed by atoms with van der Waals surface area (Å²) in [5.74, 6) is 0.311. The number of nitro benzene ring substituents is 1. The molecule has 208 valence electrons. The topological polar surface area (TPSA) is 129 Å². The van der Waals surface area contributed by atoms with Gasteiger partial charge in [-0.2, -0.15) is 4.31 Å². The lowest BCUT2D eigenvalue weighted by atomic mass is 10.0. The Bertz CT molecular complexity index is 1440. The van der Waals surface area contributed by atoms with Crippen LogP contribution < -0.4 is 10.2 Å². The minimum absolute atomic E-state index is 0.0673. The standard InChI is InChI=1S/C26H32N6O5S2/c1-19-8-11-31(12-9-19)39(36,37)22-5-2-20(3-6-22)25(33)27-10-13-29-14-16-30(17-15-29)26-28-23-7-4-21(32(34)35)18-24(23)38-26/h2-7,18-19H,8-17H2,1H3,(H,27,33). The molecule has 3 aromatic rings. The smallest absolute Gasteiger partial charge is 0.270 e. The number of non-ortho nitro benzene ring substituents is 1. The molecule has 2 saturated heterocycles. The van der Waals surface area contributed by atoms with E-state index in [9.17, 15) is 23.3 Å². The van der Waals surface area contributed by atoms with Gasteiger partial charge in [0.15, 0.2) is 5.13 Å². The molecule has 1 aromatic heterocycles. The van der Waals surface area contributed by atoms with Crippen molar-refractivity contribution in [3.05, 3.63) is 58.1 Å². The first kappa shape index (κ1) is 27.4. The first-order chi connectivity index (χ1) is 18.7. The predicted octanol–water partition coefficient (Wildman–Crippen LogP) is 3.18. The number of nitro groups is 1. The van der Waals surface area contributed by atoms with E-state index < -0.39 is 14.9 Å². The molecule has 39 heavy (non-hydrogen) atoms. The van der Waals surface area contributed by atoms with Crippen molar-refractivity contribution in [3.63, 3.8) is 0 Å². The van der Waals surface area contributed by atoms with E-state index in [1.165, 1.54) is 33.8 Å². The third-order valence-corrected chi connectivity index (χ3v) is 10.4. The Morgan fingerprint density at radius 2 is 1.77 bits per heavy atom. The number of rotatable bonds is 8. The van der Waals surface area contributed by atoms with Crippen LogP contribution in [0.1, 0.15) is 30.1 Å². The summed E-state index contributed by atoms with van der Waals surface area (Å²) < 4.78 is 28.2. The van der Waals surface area contributed by atoms with Crippen molar-refractivity contribution >= 4 is 48.3 Å². The van der Waals surface area contributed by atoms with E-state index in [0.717, 1.165) is 54.4 Å². The summed E-state index contributed by atoms with van der Waals surface area (Å²) in [5, 5.41) is 14.8. The Kier molecular flexibility index (Phi) is 8.12. The first-order valence-electron chi connectivity index (χ1n) is 13.1. The van der Waals surface area contributed by atoms with Crippen LogP contribution in [0.25, 0.3) is 10.2 Å². The Morgan fingerprint density at radius 3 is 2.44 bits per heavy atom. The van der Waals surface area contributed by atoms with Crippen molar-refractivity contribution in [3.8, 4) is 0 Å². The van der Waals surface area contributed by atoms with Gasteiger partial charge in [0.05, 0.1) is 20.0 Å². The van der Waals surface area contributed by atoms with Gasteiger partial charge in [0, 0.05) is 70.1 Å². The highest BCUT2D eigenvalue weighted by atomic mass is 32.2. The molecular weight excluding hydrogens is 540 g/mol. The Labute approximate surface area is 231 Å². The molecule has 2 fully saturated rings. The molecule has 0 saturated carbocycles. The number of anilines is 1. The van der Waals surface area contributed by atoms with Crippen LogP contribution in [0.2, 0.25) is 0 Å². The van der Waals surface area contributed by atoms with Gasteiger partial charge in [0.1, 0.15) is 0 Å². The van der Waals surface area contributed by atoms with Crippen molar-refractivity contribution in [1.29, 1.82) is 0 Å². The fourth-order valence-corrected chi connectivity index (χ4v) is 7.41. The van der Waals surface area contributed by atoms with Crippen LogP contribution in [0, 0.1) is 16.0 Å². The molecule has 13 heteroatoms. The second-order valence-electron chi connectivity index (χ2n) is 10.1. The Morgan fingerprint density at radius 1 is 1.08 bits per heavy atom. The number of nitrogens with one attached hydrogen (secondary N) is 1. The maximum absolute atomic E-state index is 12.9. The maximum Gasteiger partial charge on any atom is 0.270 e. The molecule has 0 aliphatic carbocycles. The van der Waals surface area contributed by atoms with E-state index in [0.29, 0.717) is 37.7 Å². The zero-order valence-corrected chi connectivity index (χ0v) is 23.4. The SMILES string of the molecule is CC1CCN(S(=O)(=O)c2ccc(C(=O)NCCN3CCN(c4nc5ccc([N+](=O)[O-])cc5s4)CC3)cc2)CC1. The number of amides is 1. The van der Waals surface area contributed by atoms with Crippen LogP contribution in [-0.4, -0.2) is 85.8 Å². The van der Waals surface area contributed by atoms with Gasteiger partial charge < -0.3 is 10.2 Å². The van der Waals surface area contributed by atoms with Crippen LogP contribution in [0.3, 0.4) is 0 Å². The van der Waals surface area contributed by atoms with Crippen molar-refractivity contribution < 1.29 is 18.1 Å². The number of hydrogen-bond donors (Lipinski definition) is 1. The van der Waals surface area contributed by atoms with Gasteiger partial charge >= 0.3 is 0 Å². The first-order valence-corrected chi connectivity index (χ1v) is 15.4. The van der Waals surface area contributed by atoms with E-state index in [4.69, 9.17) is 0 Å². The highest BCUT2D eigenvalue weighted by Gasteiger charge is 2.28. The number of piperidine rings is 1. The van der Waals surface area contributed by atoms with Crippen LogP contribution in [0.4, 0.5) is 10.8 Å². The molecule has 2 aromatic carbocycles. The van der Waals surface area contributed by atoms with Crippen molar-refractivity contribution in [2.45, 2.75) is 24.7 Å². The third-order valence-electron chi connectivity index (χ3n) is 7.42. The van der Waals surface area contributed by atoms with Gasteiger partial charge in [-0.15, -0.1) is 0 Å². The molecule has 0 atom stereocenters. The minimum atomic E-state index is -3.54. The van der Waals surface area contributed by atoms with Crippen LogP contribution in [-0.2, 0) is 10.0 Å². The van der Waals surface area contributed by atoms with Gasteiger partial charge in [-0.25, -0.2) is 13.4 Å². The summed E-state index contributed by atoms with van der Waals surface area (Å²) in [7, 11) is -3.54. The van der Waals surface area contributed by atoms with E-state index >= 15 is 0 Å². The average Bonchev–Trinajstić information content (AvgIpc) is 3.37. The number of aromatic nitrogens is 1. The summed E-state index contributed by atoms with van der Waals surface area (Å²) in [6.07, 6.45) is 1.73. The van der Waals surface area contributed by atoms with Gasteiger partial charge in [-0.1, -0.05) is 18.3 Å². The molecule has 1 amide bonds. The van der Waals surface area contributed by atoms with Gasteiger partial charge in [0.25, 0.3) is 11.6 Å². The molecule has 2 aliphatic heterocycles. The van der Waals surface area contributed by atoms with E-state index in [-0.39, 0.29) is 16.5 Å². The number of sulfonamides is 1. The quantitative estimate of drug-likeness (QED) is 0.322. The number of piperazine rings is 1. The largest absolute Gasteiger partial charge is 0.351 e. The number of fused-ring (bicyclic) bond motifs is 1. The van der Waals surface area contributed by atoms with Crippen LogP contribution >= 0.6 is 11.3 Å². The monoisotopic (exact) mass is 572 g/mol. The summed E-state index contributed by atoms with van der Waals surface area (Å²) in [6, 6.07) is 10.9. The lowest BCUT2D eigenvalue weighted by Crippen LogP contribution is -2.48. The zero-order valence-electron chi connectivity index (χ0n) is 21.8. The molecule has 0 unspecified atom stereocenters. The molecule has 1 N–H and O–H groups in total. The molecular formula is C26H32N6O5S2. The fraction of sp³-hybridized carbons (Fsp3) is 0.462. The Hall–Kier alpha value is -3.13. The Balaban J connectivity index is 1.08. The molecule has 3 heterocycles. The third kappa shape index (κ3) is 6.21. The minimum Gasteiger partial charge on any atom is -0.351 e. The van der Waals surface area contributed by atoms with Gasteiger partial charge in [-0.3, -0.25) is 19.8 Å². The van der Waals surface area contributed by atoms with Crippen LogP contribution in [0.15, 0.2) is 47.4 Å². The molecule has 0 bridgehead atoms. The lowest BCUT2D eigenvalue weighted by Gasteiger charge is -2.34. The molecule has 0 radical (unpaired) electrons. The van der Waals surface area contributed by atoms with E-state index in [1.54, 1.807) is 24.3 Å². The molecule has 0 spiro atoms. The predicted molar refractivity (Wildman–Crippen MR) is 151 cm³/mol. The zero-order chi connectivity index (χ0) is 27.6. The summed E-state index contributed by atoms with van der Waals surface area (Å²) >= 11 is 1.46. The second kappa shape index (κ2) is 11.5. The van der Waals surface area contributed by atoms with Gasteiger partial charge in [-0.05, 0) is 49.1 Å². The number of hydrogen-bond acceptors (Lipinski definition) is 9. The maximum atomic E-state index is 12.9. The summed E-state index contributed by atoms with van der Waals surface area (Å²) in [4.78, 5) is 32.6. The van der Waals surface area contributed by atoms with E-state index in [2.05, 4.69) is 27.0 Å². The fourth-order valence-electron chi connectivity index (χ4n) is 4.89. The molecule has 11 nitrogen and oxygen atoms in total. The summed E-state index contributed by atoms with van der Waals surface area (Å²) in [5.41, 5.74) is 1.26. The van der Waals surface area contributed by atoms with Crippen molar-refractivity contribution in [2.75, 3.05) is 57.3 Å². The summed E-state index contributed by atoms with van der Waals surface area (Å²) in [6.45, 7) is 7.57. The highest BCUT2D eigenvalue weighted by Crippen LogP contribution is 2.32.